The SMILES string of the molecule is CN(Cc1cccc(C#N)c1)C(=O)c1cc(C(=O)O)on1. The second-order valence-corrected chi connectivity index (χ2v) is 4.35. The van der Waals surface area contributed by atoms with Crippen LogP contribution in [0, 0.1) is 11.3 Å². The minimum absolute atomic E-state index is 0.0775. The van der Waals surface area contributed by atoms with Crippen LogP contribution in [0.25, 0.3) is 0 Å². The minimum Gasteiger partial charge on any atom is -0.475 e. The van der Waals surface area contributed by atoms with Gasteiger partial charge in [0, 0.05) is 19.7 Å². The Morgan fingerprint density at radius 2 is 2.19 bits per heavy atom. The molecule has 7 heteroatoms. The zero-order chi connectivity index (χ0) is 15.4. The Bertz CT molecular complexity index is 730. The fourth-order valence-corrected chi connectivity index (χ4v) is 1.76. The molecular weight excluding hydrogens is 274 g/mol. The van der Waals surface area contributed by atoms with Gasteiger partial charge >= 0.3 is 5.97 Å². The first-order valence-corrected chi connectivity index (χ1v) is 5.96. The van der Waals surface area contributed by atoms with Crippen molar-refractivity contribution in [3.8, 4) is 6.07 Å². The summed E-state index contributed by atoms with van der Waals surface area (Å²) in [4.78, 5) is 24.1. The Labute approximate surface area is 120 Å². The molecule has 0 saturated heterocycles. The summed E-state index contributed by atoms with van der Waals surface area (Å²) in [6.07, 6.45) is 0. The second-order valence-electron chi connectivity index (χ2n) is 4.35. The van der Waals surface area contributed by atoms with Crippen molar-refractivity contribution in [2.45, 2.75) is 6.54 Å². The van der Waals surface area contributed by atoms with E-state index in [4.69, 9.17) is 10.4 Å². The van der Waals surface area contributed by atoms with E-state index in [2.05, 4.69) is 9.68 Å². The molecule has 106 valence electrons. The molecule has 1 aromatic carbocycles. The van der Waals surface area contributed by atoms with Crippen molar-refractivity contribution >= 4 is 11.9 Å². The average Bonchev–Trinajstić information content (AvgIpc) is 2.96. The van der Waals surface area contributed by atoms with E-state index in [9.17, 15) is 9.59 Å². The number of nitriles is 1. The number of amides is 1. The van der Waals surface area contributed by atoms with Gasteiger partial charge in [0.2, 0.25) is 5.76 Å². The third-order valence-corrected chi connectivity index (χ3v) is 2.76. The number of aromatic carboxylic acids is 1. The lowest BCUT2D eigenvalue weighted by Crippen LogP contribution is -2.26. The summed E-state index contributed by atoms with van der Waals surface area (Å²) in [7, 11) is 1.55. The largest absolute Gasteiger partial charge is 0.475 e. The number of carbonyl (C=O) groups excluding carboxylic acids is 1. The molecule has 7 nitrogen and oxygen atoms in total. The van der Waals surface area contributed by atoms with Crippen molar-refractivity contribution in [2.24, 2.45) is 0 Å². The Hall–Kier alpha value is -3.14. The molecule has 0 aliphatic rings. The molecule has 0 spiro atoms. The van der Waals surface area contributed by atoms with Crippen molar-refractivity contribution in [1.29, 1.82) is 5.26 Å². The first-order valence-electron chi connectivity index (χ1n) is 5.96. The molecule has 0 unspecified atom stereocenters. The molecule has 1 N–H and O–H groups in total. The lowest BCUT2D eigenvalue weighted by atomic mass is 10.1. The maximum absolute atomic E-state index is 12.1. The summed E-state index contributed by atoms with van der Waals surface area (Å²) < 4.78 is 4.54. The molecule has 2 aromatic rings. The number of aromatic nitrogens is 1. The lowest BCUT2D eigenvalue weighted by Gasteiger charge is -2.15. The van der Waals surface area contributed by atoms with E-state index < -0.39 is 17.6 Å². The van der Waals surface area contributed by atoms with Crippen LogP contribution in [0.2, 0.25) is 0 Å². The lowest BCUT2D eigenvalue weighted by molar-refractivity contribution is 0.0649. The topological polar surface area (TPSA) is 107 Å². The van der Waals surface area contributed by atoms with Crippen LogP contribution >= 0.6 is 0 Å². The van der Waals surface area contributed by atoms with Crippen LogP contribution in [-0.4, -0.2) is 34.1 Å². The van der Waals surface area contributed by atoms with E-state index >= 15 is 0 Å². The number of carbonyl (C=O) groups is 2. The zero-order valence-corrected chi connectivity index (χ0v) is 11.1. The Morgan fingerprint density at radius 3 is 2.81 bits per heavy atom. The van der Waals surface area contributed by atoms with Gasteiger partial charge in [-0.25, -0.2) is 4.79 Å². The van der Waals surface area contributed by atoms with Crippen LogP contribution in [0.3, 0.4) is 0 Å². The summed E-state index contributed by atoms with van der Waals surface area (Å²) in [5.74, 6) is -2.14. The number of hydrogen-bond donors (Lipinski definition) is 1. The van der Waals surface area contributed by atoms with Crippen molar-refractivity contribution in [2.75, 3.05) is 7.05 Å². The van der Waals surface area contributed by atoms with E-state index in [1.54, 1.807) is 31.3 Å². The molecule has 0 radical (unpaired) electrons. The number of benzene rings is 1. The maximum atomic E-state index is 12.1. The number of rotatable bonds is 4. The van der Waals surface area contributed by atoms with Crippen LogP contribution in [0.5, 0.6) is 0 Å². The first kappa shape index (κ1) is 14.3. The number of nitrogens with zero attached hydrogens (tertiary/aromatic N) is 3. The van der Waals surface area contributed by atoms with Crippen LogP contribution in [0.4, 0.5) is 0 Å². The van der Waals surface area contributed by atoms with Crippen molar-refractivity contribution < 1.29 is 19.2 Å². The molecule has 2 rings (SSSR count). The van der Waals surface area contributed by atoms with Gasteiger partial charge in [-0.3, -0.25) is 4.79 Å². The highest BCUT2D eigenvalue weighted by atomic mass is 16.5. The monoisotopic (exact) mass is 285 g/mol. The Kier molecular flexibility index (Phi) is 4.00. The fourth-order valence-electron chi connectivity index (χ4n) is 1.76. The van der Waals surface area contributed by atoms with Gasteiger partial charge in [-0.1, -0.05) is 17.3 Å². The summed E-state index contributed by atoms with van der Waals surface area (Å²) in [6, 6.07) is 9.96. The van der Waals surface area contributed by atoms with E-state index in [0.717, 1.165) is 11.6 Å². The zero-order valence-electron chi connectivity index (χ0n) is 11.1. The van der Waals surface area contributed by atoms with E-state index in [-0.39, 0.29) is 12.2 Å². The van der Waals surface area contributed by atoms with Gasteiger partial charge in [-0.15, -0.1) is 0 Å². The molecule has 1 heterocycles. The number of carboxylic acids is 1. The molecule has 0 atom stereocenters. The molecule has 1 amide bonds. The summed E-state index contributed by atoms with van der Waals surface area (Å²) >= 11 is 0. The van der Waals surface area contributed by atoms with Crippen LogP contribution in [-0.2, 0) is 6.54 Å². The molecule has 21 heavy (non-hydrogen) atoms. The van der Waals surface area contributed by atoms with Crippen molar-refractivity contribution in [3.05, 3.63) is 52.9 Å². The van der Waals surface area contributed by atoms with Gasteiger partial charge in [-0.05, 0) is 17.7 Å². The highest BCUT2D eigenvalue weighted by Gasteiger charge is 2.19. The smallest absolute Gasteiger partial charge is 0.374 e. The van der Waals surface area contributed by atoms with Crippen LogP contribution in [0.1, 0.15) is 32.2 Å². The summed E-state index contributed by atoms with van der Waals surface area (Å²) in [5, 5.41) is 21.0. The molecule has 0 fully saturated rings. The predicted molar refractivity (Wildman–Crippen MR) is 70.4 cm³/mol. The van der Waals surface area contributed by atoms with Gasteiger partial charge in [0.15, 0.2) is 5.69 Å². The van der Waals surface area contributed by atoms with E-state index in [1.165, 1.54) is 4.90 Å². The average molecular weight is 285 g/mol. The Balaban J connectivity index is 2.11. The molecule has 0 bridgehead atoms. The van der Waals surface area contributed by atoms with Gasteiger partial charge < -0.3 is 14.5 Å². The third kappa shape index (κ3) is 3.25. The highest BCUT2D eigenvalue weighted by Crippen LogP contribution is 2.11. The number of carboxylic acid groups (broad SMARTS) is 1. The van der Waals surface area contributed by atoms with Gasteiger partial charge in [0.25, 0.3) is 5.91 Å². The minimum atomic E-state index is -1.29. The third-order valence-electron chi connectivity index (χ3n) is 2.76. The second kappa shape index (κ2) is 5.88. The fraction of sp³-hybridized carbons (Fsp3) is 0.143. The quantitative estimate of drug-likeness (QED) is 0.912. The van der Waals surface area contributed by atoms with Gasteiger partial charge in [0.1, 0.15) is 0 Å². The van der Waals surface area contributed by atoms with E-state index in [1.807, 2.05) is 6.07 Å². The van der Waals surface area contributed by atoms with Gasteiger partial charge in [0.05, 0.1) is 11.6 Å². The van der Waals surface area contributed by atoms with E-state index in [0.29, 0.717) is 5.56 Å². The molecule has 0 aliphatic heterocycles. The molecule has 0 aliphatic carbocycles. The van der Waals surface area contributed by atoms with Crippen molar-refractivity contribution in [3.63, 3.8) is 0 Å². The normalized spacial score (nSPS) is 9.90. The summed E-state index contributed by atoms with van der Waals surface area (Å²) in [6.45, 7) is 0.267. The van der Waals surface area contributed by atoms with Gasteiger partial charge in [-0.2, -0.15) is 5.26 Å². The number of hydrogen-bond acceptors (Lipinski definition) is 5. The van der Waals surface area contributed by atoms with Crippen LogP contribution < -0.4 is 0 Å². The standard InChI is InChI=1S/C14H11N3O4/c1-17(8-10-4-2-3-9(5-10)7-15)13(18)11-6-12(14(19)20)21-16-11/h2-6H,8H2,1H3,(H,19,20). The predicted octanol–water partition coefficient (Wildman–Crippen LogP) is 1.52. The molecule has 1 aromatic heterocycles. The Morgan fingerprint density at radius 1 is 1.43 bits per heavy atom. The highest BCUT2D eigenvalue weighted by molar-refractivity contribution is 5.94. The maximum Gasteiger partial charge on any atom is 0.374 e. The van der Waals surface area contributed by atoms with Crippen molar-refractivity contribution in [1.82, 2.24) is 10.1 Å². The first-order chi connectivity index (χ1) is 10.0. The van der Waals surface area contributed by atoms with Crippen LogP contribution in [0.15, 0.2) is 34.9 Å². The molecule has 0 saturated carbocycles. The summed E-state index contributed by atoms with van der Waals surface area (Å²) in [5.41, 5.74) is 1.21. The molecular formula is C14H11N3O4.